The molecule has 1 aliphatic heterocycles. The summed E-state index contributed by atoms with van der Waals surface area (Å²) < 4.78 is 5.73. The average Bonchev–Trinajstić information content (AvgIpc) is 3.19. The van der Waals surface area contributed by atoms with Gasteiger partial charge in [-0.05, 0) is 30.0 Å². The van der Waals surface area contributed by atoms with Gasteiger partial charge in [-0.15, -0.1) is 11.3 Å². The van der Waals surface area contributed by atoms with Gasteiger partial charge in [-0.3, -0.25) is 4.79 Å². The number of carbonyl (C=O) groups is 1. The van der Waals surface area contributed by atoms with Crippen molar-refractivity contribution >= 4 is 40.0 Å². The van der Waals surface area contributed by atoms with E-state index >= 15 is 0 Å². The molecule has 1 atom stereocenters. The third-order valence-electron chi connectivity index (χ3n) is 4.13. The molecule has 3 aromatic rings. The van der Waals surface area contributed by atoms with Gasteiger partial charge < -0.3 is 9.32 Å². The van der Waals surface area contributed by atoms with E-state index in [9.17, 15) is 4.79 Å². The predicted molar refractivity (Wildman–Crippen MR) is 96.3 cm³/mol. The normalized spacial score (nSPS) is 19.0. The molecule has 0 aliphatic carbocycles. The van der Waals surface area contributed by atoms with Gasteiger partial charge in [0.05, 0.1) is 0 Å². The van der Waals surface area contributed by atoms with E-state index in [0.29, 0.717) is 11.0 Å². The van der Waals surface area contributed by atoms with Crippen LogP contribution in [0.25, 0.3) is 11.0 Å². The second-order valence-electron chi connectivity index (χ2n) is 5.60. The summed E-state index contributed by atoms with van der Waals surface area (Å²) in [6, 6.07) is 13.9. The molecular weight excluding hydrogens is 326 g/mol. The fraction of sp³-hybridized carbons (Fsp3) is 0.278. The highest BCUT2D eigenvalue weighted by Gasteiger charge is 2.25. The van der Waals surface area contributed by atoms with Gasteiger partial charge in [-0.1, -0.05) is 24.3 Å². The third kappa shape index (κ3) is 3.03. The monoisotopic (exact) mass is 343 g/mol. The minimum Gasteiger partial charge on any atom is -0.451 e. The number of carbonyl (C=O) groups excluding carboxylic acids is 1. The number of thioether (sulfide) groups is 1. The van der Waals surface area contributed by atoms with E-state index in [4.69, 9.17) is 4.42 Å². The van der Waals surface area contributed by atoms with Crippen molar-refractivity contribution in [3.8, 4) is 0 Å². The molecule has 23 heavy (non-hydrogen) atoms. The summed E-state index contributed by atoms with van der Waals surface area (Å²) >= 11 is 3.75. The first-order valence-corrected chi connectivity index (χ1v) is 9.67. The summed E-state index contributed by atoms with van der Waals surface area (Å²) in [6.07, 6.45) is 0.997. The van der Waals surface area contributed by atoms with Crippen LogP contribution in [0.4, 0.5) is 0 Å². The van der Waals surface area contributed by atoms with Gasteiger partial charge in [0.2, 0.25) is 0 Å². The molecule has 1 aliphatic rings. The van der Waals surface area contributed by atoms with Crippen molar-refractivity contribution in [1.29, 1.82) is 0 Å². The SMILES string of the molecule is O=C(c1cc2ccccc2o1)N1CCS[C@@H](c2cccs2)CC1. The van der Waals surface area contributed by atoms with E-state index in [1.165, 1.54) is 4.88 Å². The Hall–Kier alpha value is -1.72. The van der Waals surface area contributed by atoms with Crippen LogP contribution >= 0.6 is 23.1 Å². The lowest BCUT2D eigenvalue weighted by Gasteiger charge is -2.18. The van der Waals surface area contributed by atoms with Gasteiger partial charge in [-0.25, -0.2) is 0 Å². The van der Waals surface area contributed by atoms with Crippen LogP contribution in [0.3, 0.4) is 0 Å². The van der Waals surface area contributed by atoms with Crippen molar-refractivity contribution in [1.82, 2.24) is 4.90 Å². The van der Waals surface area contributed by atoms with Crippen molar-refractivity contribution < 1.29 is 9.21 Å². The van der Waals surface area contributed by atoms with Crippen LogP contribution in [-0.4, -0.2) is 29.6 Å². The van der Waals surface area contributed by atoms with Gasteiger partial charge in [-0.2, -0.15) is 11.8 Å². The Balaban J connectivity index is 1.50. The highest BCUT2D eigenvalue weighted by atomic mass is 32.2. The Morgan fingerprint density at radius 3 is 2.91 bits per heavy atom. The Kier molecular flexibility index (Phi) is 4.14. The van der Waals surface area contributed by atoms with Crippen molar-refractivity contribution in [2.24, 2.45) is 0 Å². The Labute approximate surface area is 143 Å². The highest BCUT2D eigenvalue weighted by molar-refractivity contribution is 7.99. The number of hydrogen-bond acceptors (Lipinski definition) is 4. The summed E-state index contributed by atoms with van der Waals surface area (Å²) in [4.78, 5) is 16.1. The largest absolute Gasteiger partial charge is 0.451 e. The van der Waals surface area contributed by atoms with E-state index in [2.05, 4.69) is 17.5 Å². The minimum absolute atomic E-state index is 0.00799. The molecule has 2 aromatic heterocycles. The molecule has 1 amide bonds. The average molecular weight is 343 g/mol. The second kappa shape index (κ2) is 6.42. The van der Waals surface area contributed by atoms with Gasteiger partial charge >= 0.3 is 0 Å². The van der Waals surface area contributed by atoms with Gasteiger partial charge in [0, 0.05) is 34.4 Å². The number of fused-ring (bicyclic) bond motifs is 1. The highest BCUT2D eigenvalue weighted by Crippen LogP contribution is 2.37. The molecule has 5 heteroatoms. The zero-order chi connectivity index (χ0) is 15.6. The number of hydrogen-bond donors (Lipinski definition) is 0. The molecule has 0 saturated carbocycles. The van der Waals surface area contributed by atoms with Crippen LogP contribution in [0, 0.1) is 0 Å². The molecule has 1 fully saturated rings. The van der Waals surface area contributed by atoms with Crippen LogP contribution in [0.15, 0.2) is 52.3 Å². The molecule has 3 heterocycles. The molecule has 118 valence electrons. The van der Waals surface area contributed by atoms with E-state index in [1.54, 1.807) is 11.3 Å². The first-order valence-electron chi connectivity index (χ1n) is 7.74. The molecule has 0 N–H and O–H groups in total. The number of nitrogens with zero attached hydrogens (tertiary/aromatic N) is 1. The molecule has 0 bridgehead atoms. The first-order chi connectivity index (χ1) is 11.3. The summed E-state index contributed by atoms with van der Waals surface area (Å²) in [5.74, 6) is 1.42. The van der Waals surface area contributed by atoms with Gasteiger partial charge in [0.1, 0.15) is 5.58 Å². The minimum atomic E-state index is 0.00799. The van der Waals surface area contributed by atoms with Gasteiger partial charge in [0.25, 0.3) is 5.91 Å². The first kappa shape index (κ1) is 14.8. The van der Waals surface area contributed by atoms with Crippen LogP contribution in [0.1, 0.15) is 27.1 Å². The maximum atomic E-state index is 12.7. The Morgan fingerprint density at radius 1 is 1.17 bits per heavy atom. The number of rotatable bonds is 2. The zero-order valence-electron chi connectivity index (χ0n) is 12.6. The van der Waals surface area contributed by atoms with Crippen molar-refractivity contribution in [2.75, 3.05) is 18.8 Å². The lowest BCUT2D eigenvalue weighted by Crippen LogP contribution is -2.32. The predicted octanol–water partition coefficient (Wildman–Crippen LogP) is 4.81. The molecule has 1 aromatic carbocycles. The van der Waals surface area contributed by atoms with Crippen LogP contribution < -0.4 is 0 Å². The lowest BCUT2D eigenvalue weighted by molar-refractivity contribution is 0.0737. The van der Waals surface area contributed by atoms with Crippen LogP contribution in [-0.2, 0) is 0 Å². The fourth-order valence-electron chi connectivity index (χ4n) is 2.92. The number of benzene rings is 1. The standard InChI is InChI=1S/C18H17NO2S2/c20-18(15-12-13-4-1-2-5-14(13)21-15)19-8-7-17(23-11-9-19)16-6-3-10-22-16/h1-6,10,12,17H,7-9,11H2/t17-/m1/s1. The Bertz CT molecular complexity index is 776. The summed E-state index contributed by atoms with van der Waals surface area (Å²) in [5.41, 5.74) is 0.775. The molecule has 3 nitrogen and oxygen atoms in total. The quantitative estimate of drug-likeness (QED) is 0.669. The number of thiophene rings is 1. The third-order valence-corrected chi connectivity index (χ3v) is 6.57. The van der Waals surface area contributed by atoms with E-state index in [1.807, 2.05) is 47.0 Å². The second-order valence-corrected chi connectivity index (χ2v) is 7.89. The summed E-state index contributed by atoms with van der Waals surface area (Å²) in [5, 5.41) is 3.61. The Morgan fingerprint density at radius 2 is 2.09 bits per heavy atom. The van der Waals surface area contributed by atoms with Crippen molar-refractivity contribution in [3.05, 3.63) is 58.5 Å². The van der Waals surface area contributed by atoms with Gasteiger partial charge in [0.15, 0.2) is 5.76 Å². The van der Waals surface area contributed by atoms with Crippen LogP contribution in [0.2, 0.25) is 0 Å². The molecular formula is C18H17NO2S2. The number of para-hydroxylation sites is 1. The maximum absolute atomic E-state index is 12.7. The smallest absolute Gasteiger partial charge is 0.289 e. The van der Waals surface area contributed by atoms with E-state index in [0.717, 1.165) is 36.2 Å². The molecule has 0 radical (unpaired) electrons. The lowest BCUT2D eigenvalue weighted by atomic mass is 10.2. The molecule has 4 rings (SSSR count). The topological polar surface area (TPSA) is 33.5 Å². The van der Waals surface area contributed by atoms with Crippen molar-refractivity contribution in [2.45, 2.75) is 11.7 Å². The summed E-state index contributed by atoms with van der Waals surface area (Å²) in [6.45, 7) is 1.56. The van der Waals surface area contributed by atoms with Crippen LogP contribution in [0.5, 0.6) is 0 Å². The van der Waals surface area contributed by atoms with Crippen molar-refractivity contribution in [3.63, 3.8) is 0 Å². The zero-order valence-corrected chi connectivity index (χ0v) is 14.2. The maximum Gasteiger partial charge on any atom is 0.289 e. The molecule has 0 spiro atoms. The van der Waals surface area contributed by atoms with E-state index in [-0.39, 0.29) is 5.91 Å². The van der Waals surface area contributed by atoms with E-state index < -0.39 is 0 Å². The number of furan rings is 1. The number of amides is 1. The summed E-state index contributed by atoms with van der Waals surface area (Å²) in [7, 11) is 0. The molecule has 1 saturated heterocycles. The molecule has 0 unspecified atom stereocenters. The fourth-order valence-corrected chi connectivity index (χ4v) is 5.16.